The number of carbonyl (C=O) groups is 1. The molecule has 0 heterocycles. The zero-order valence-electron chi connectivity index (χ0n) is 10.8. The smallest absolute Gasteiger partial charge is 0.335 e. The van der Waals surface area contributed by atoms with Crippen LogP contribution in [0.1, 0.15) is 42.6 Å². The number of benzene rings is 1. The molecule has 94 valence electrons. The Kier molecular flexibility index (Phi) is 5.16. The van der Waals surface area contributed by atoms with E-state index in [0.29, 0.717) is 11.6 Å². The second-order valence-corrected chi connectivity index (χ2v) is 4.39. The Labute approximate surface area is 103 Å². The van der Waals surface area contributed by atoms with Gasteiger partial charge in [0.2, 0.25) is 0 Å². The molecular weight excluding hydrogens is 214 g/mol. The summed E-state index contributed by atoms with van der Waals surface area (Å²) in [5.74, 6) is -0.864. The molecule has 0 saturated carbocycles. The summed E-state index contributed by atoms with van der Waals surface area (Å²) < 4.78 is 0. The van der Waals surface area contributed by atoms with Crippen molar-refractivity contribution >= 4 is 5.97 Å². The molecule has 17 heavy (non-hydrogen) atoms. The molecule has 1 aromatic rings. The number of carboxylic acids is 1. The van der Waals surface area contributed by atoms with E-state index in [9.17, 15) is 4.79 Å². The van der Waals surface area contributed by atoms with Crippen molar-refractivity contribution in [1.29, 1.82) is 0 Å². The quantitative estimate of drug-likeness (QED) is 0.824. The summed E-state index contributed by atoms with van der Waals surface area (Å²) in [5.41, 5.74) is 1.42. The molecule has 1 rings (SSSR count). The molecule has 0 aliphatic carbocycles. The number of hydrogen-bond donors (Lipinski definition) is 1. The van der Waals surface area contributed by atoms with E-state index in [1.807, 2.05) is 6.07 Å². The van der Waals surface area contributed by atoms with Gasteiger partial charge in [0.1, 0.15) is 0 Å². The van der Waals surface area contributed by atoms with Gasteiger partial charge in [-0.3, -0.25) is 4.90 Å². The number of nitrogens with zero attached hydrogens (tertiary/aromatic N) is 1. The third kappa shape index (κ3) is 3.86. The minimum atomic E-state index is -0.864. The second kappa shape index (κ2) is 6.40. The van der Waals surface area contributed by atoms with Crippen molar-refractivity contribution in [2.24, 2.45) is 0 Å². The van der Waals surface area contributed by atoms with Gasteiger partial charge >= 0.3 is 5.97 Å². The molecule has 3 nitrogen and oxygen atoms in total. The summed E-state index contributed by atoms with van der Waals surface area (Å²) in [5, 5.41) is 8.93. The normalized spacial score (nSPS) is 11.1. The Morgan fingerprint density at radius 2 is 2.00 bits per heavy atom. The first-order valence-electron chi connectivity index (χ1n) is 6.11. The van der Waals surface area contributed by atoms with Crippen LogP contribution in [0.25, 0.3) is 0 Å². The molecule has 1 N–H and O–H groups in total. The highest BCUT2D eigenvalue weighted by atomic mass is 16.4. The molecule has 0 unspecified atom stereocenters. The summed E-state index contributed by atoms with van der Waals surface area (Å²) in [6.07, 6.45) is 2.23. The Morgan fingerprint density at radius 1 is 1.35 bits per heavy atom. The van der Waals surface area contributed by atoms with E-state index in [-0.39, 0.29) is 0 Å². The van der Waals surface area contributed by atoms with E-state index in [1.165, 1.54) is 0 Å². The average Bonchev–Trinajstić information content (AvgIpc) is 2.30. The van der Waals surface area contributed by atoms with E-state index >= 15 is 0 Å². The Balaban J connectivity index is 2.74. The van der Waals surface area contributed by atoms with Crippen LogP contribution in [0.3, 0.4) is 0 Å². The fourth-order valence-corrected chi connectivity index (χ4v) is 2.13. The van der Waals surface area contributed by atoms with Crippen LogP contribution < -0.4 is 0 Å². The Morgan fingerprint density at radius 3 is 2.53 bits per heavy atom. The predicted octanol–water partition coefficient (Wildman–Crippen LogP) is 3.01. The van der Waals surface area contributed by atoms with Gasteiger partial charge in [0.25, 0.3) is 0 Å². The van der Waals surface area contributed by atoms with Gasteiger partial charge in [-0.2, -0.15) is 0 Å². The van der Waals surface area contributed by atoms with Gasteiger partial charge in [0.15, 0.2) is 0 Å². The Bertz CT molecular complexity index is 372. The molecule has 3 heteroatoms. The topological polar surface area (TPSA) is 40.5 Å². The molecular formula is C14H21NO2. The molecule has 0 atom stereocenters. The summed E-state index contributed by atoms with van der Waals surface area (Å²) in [6.45, 7) is 5.16. The molecule has 1 aromatic carbocycles. The van der Waals surface area contributed by atoms with Crippen LogP contribution in [-0.4, -0.2) is 29.1 Å². The minimum absolute atomic E-state index is 0.362. The molecule has 0 aliphatic rings. The number of carboxylic acid groups (broad SMARTS) is 1. The summed E-state index contributed by atoms with van der Waals surface area (Å²) >= 11 is 0. The van der Waals surface area contributed by atoms with Crippen LogP contribution in [0, 0.1) is 0 Å². The van der Waals surface area contributed by atoms with Gasteiger partial charge in [0, 0.05) is 12.6 Å². The van der Waals surface area contributed by atoms with Crippen LogP contribution in [0.2, 0.25) is 0 Å². The molecule has 0 aliphatic heterocycles. The number of rotatable bonds is 6. The van der Waals surface area contributed by atoms with Crippen molar-refractivity contribution in [1.82, 2.24) is 4.90 Å². The van der Waals surface area contributed by atoms with Crippen LogP contribution in [0.15, 0.2) is 24.3 Å². The van der Waals surface area contributed by atoms with E-state index in [0.717, 1.165) is 24.9 Å². The van der Waals surface area contributed by atoms with Crippen LogP contribution >= 0.6 is 0 Å². The van der Waals surface area contributed by atoms with Gasteiger partial charge in [-0.25, -0.2) is 4.79 Å². The monoisotopic (exact) mass is 235 g/mol. The van der Waals surface area contributed by atoms with Gasteiger partial charge in [-0.1, -0.05) is 26.0 Å². The van der Waals surface area contributed by atoms with Crippen molar-refractivity contribution in [2.75, 3.05) is 7.05 Å². The Hall–Kier alpha value is -1.35. The van der Waals surface area contributed by atoms with Crippen molar-refractivity contribution < 1.29 is 9.90 Å². The van der Waals surface area contributed by atoms with Gasteiger partial charge in [-0.05, 0) is 37.6 Å². The van der Waals surface area contributed by atoms with Gasteiger partial charge in [-0.15, -0.1) is 0 Å². The van der Waals surface area contributed by atoms with Crippen molar-refractivity contribution in [3.8, 4) is 0 Å². The molecule has 0 fully saturated rings. The maximum absolute atomic E-state index is 10.9. The molecule has 0 radical (unpaired) electrons. The number of hydrogen-bond acceptors (Lipinski definition) is 2. The van der Waals surface area contributed by atoms with Crippen LogP contribution in [0.4, 0.5) is 0 Å². The lowest BCUT2D eigenvalue weighted by atomic mass is 10.1. The highest BCUT2D eigenvalue weighted by Crippen LogP contribution is 2.12. The first-order chi connectivity index (χ1) is 8.08. The maximum atomic E-state index is 10.9. The number of aromatic carboxylic acids is 1. The largest absolute Gasteiger partial charge is 0.478 e. The third-order valence-electron chi connectivity index (χ3n) is 3.17. The lowest BCUT2D eigenvalue weighted by Crippen LogP contribution is -2.30. The highest BCUT2D eigenvalue weighted by molar-refractivity contribution is 5.87. The van der Waals surface area contributed by atoms with E-state index in [2.05, 4.69) is 25.8 Å². The fourth-order valence-electron chi connectivity index (χ4n) is 2.13. The van der Waals surface area contributed by atoms with Crippen molar-refractivity contribution in [3.05, 3.63) is 35.4 Å². The predicted molar refractivity (Wildman–Crippen MR) is 69.2 cm³/mol. The SMILES string of the molecule is CCC(CC)N(C)Cc1cccc(C(=O)O)c1. The van der Waals surface area contributed by atoms with Gasteiger partial charge < -0.3 is 5.11 Å². The van der Waals surface area contributed by atoms with Crippen LogP contribution in [-0.2, 0) is 6.54 Å². The summed E-state index contributed by atoms with van der Waals surface area (Å²) in [7, 11) is 2.09. The minimum Gasteiger partial charge on any atom is -0.478 e. The fraction of sp³-hybridized carbons (Fsp3) is 0.500. The zero-order valence-corrected chi connectivity index (χ0v) is 10.8. The molecule has 0 aromatic heterocycles. The second-order valence-electron chi connectivity index (χ2n) is 4.39. The van der Waals surface area contributed by atoms with E-state index in [1.54, 1.807) is 18.2 Å². The van der Waals surface area contributed by atoms with E-state index in [4.69, 9.17) is 5.11 Å². The molecule has 0 bridgehead atoms. The van der Waals surface area contributed by atoms with Crippen molar-refractivity contribution in [2.45, 2.75) is 39.3 Å². The summed E-state index contributed by atoms with van der Waals surface area (Å²) in [4.78, 5) is 13.2. The molecule has 0 spiro atoms. The van der Waals surface area contributed by atoms with Crippen LogP contribution in [0.5, 0.6) is 0 Å². The highest BCUT2D eigenvalue weighted by Gasteiger charge is 2.11. The average molecular weight is 235 g/mol. The van der Waals surface area contributed by atoms with Gasteiger partial charge in [0.05, 0.1) is 5.56 Å². The lowest BCUT2D eigenvalue weighted by molar-refractivity contribution is 0.0696. The lowest BCUT2D eigenvalue weighted by Gasteiger charge is -2.26. The molecule has 0 saturated heterocycles. The first-order valence-corrected chi connectivity index (χ1v) is 6.11. The third-order valence-corrected chi connectivity index (χ3v) is 3.17. The maximum Gasteiger partial charge on any atom is 0.335 e. The first kappa shape index (κ1) is 13.7. The van der Waals surface area contributed by atoms with E-state index < -0.39 is 5.97 Å². The standard InChI is InChI=1S/C14H21NO2/c1-4-13(5-2)15(3)10-11-7-6-8-12(9-11)14(16)17/h6-9,13H,4-5,10H2,1-3H3,(H,16,17). The van der Waals surface area contributed by atoms with Crippen molar-refractivity contribution in [3.63, 3.8) is 0 Å². The summed E-state index contributed by atoms with van der Waals surface area (Å²) in [6, 6.07) is 7.72. The zero-order chi connectivity index (χ0) is 12.8. The molecule has 0 amide bonds.